The molecule has 0 bridgehead atoms. The van der Waals surface area contributed by atoms with Gasteiger partial charge in [-0.15, -0.1) is 0 Å². The van der Waals surface area contributed by atoms with E-state index in [0.29, 0.717) is 6.04 Å². The van der Waals surface area contributed by atoms with Gasteiger partial charge in [-0.2, -0.15) is 5.10 Å². The summed E-state index contributed by atoms with van der Waals surface area (Å²) in [5.74, 6) is 2.67. The van der Waals surface area contributed by atoms with Crippen LogP contribution in [-0.2, 0) is 13.5 Å². The molecule has 3 unspecified atom stereocenters. The first-order valence-electron chi connectivity index (χ1n) is 8.50. The summed E-state index contributed by atoms with van der Waals surface area (Å²) in [6.07, 6.45) is 7.88. The van der Waals surface area contributed by atoms with Crippen molar-refractivity contribution < 1.29 is 0 Å². The number of aryl methyl sites for hydroxylation is 1. The quantitative estimate of drug-likeness (QED) is 0.875. The van der Waals surface area contributed by atoms with Gasteiger partial charge in [-0.05, 0) is 43.1 Å². The molecule has 120 valence electrons. The highest BCUT2D eigenvalue weighted by atomic mass is 15.3. The predicted molar refractivity (Wildman–Crippen MR) is 87.1 cm³/mol. The van der Waals surface area contributed by atoms with Crippen LogP contribution in [0.5, 0.6) is 0 Å². The zero-order chi connectivity index (χ0) is 15.5. The van der Waals surface area contributed by atoms with Crippen molar-refractivity contribution in [1.29, 1.82) is 0 Å². The smallest absolute Gasteiger partial charge is 0.138 e. The Labute approximate surface area is 129 Å². The molecule has 3 atom stereocenters. The molecule has 4 nitrogen and oxygen atoms in total. The Morgan fingerprint density at radius 3 is 2.76 bits per heavy atom. The fourth-order valence-corrected chi connectivity index (χ4v) is 3.89. The van der Waals surface area contributed by atoms with E-state index in [1.54, 1.807) is 6.33 Å². The molecule has 21 heavy (non-hydrogen) atoms. The maximum absolute atomic E-state index is 4.43. The van der Waals surface area contributed by atoms with Crippen molar-refractivity contribution in [3.05, 3.63) is 12.2 Å². The summed E-state index contributed by atoms with van der Waals surface area (Å²) in [4.78, 5) is 4.43. The van der Waals surface area contributed by atoms with Crippen molar-refractivity contribution >= 4 is 0 Å². The highest BCUT2D eigenvalue weighted by molar-refractivity contribution is 4.98. The summed E-state index contributed by atoms with van der Waals surface area (Å²) >= 11 is 0. The van der Waals surface area contributed by atoms with E-state index in [1.807, 2.05) is 11.7 Å². The lowest BCUT2D eigenvalue weighted by molar-refractivity contribution is 0.0917. The van der Waals surface area contributed by atoms with Crippen LogP contribution in [-0.4, -0.2) is 27.4 Å². The summed E-state index contributed by atoms with van der Waals surface area (Å²) in [5, 5.41) is 8.03. The molecule has 1 fully saturated rings. The van der Waals surface area contributed by atoms with Crippen LogP contribution in [0.15, 0.2) is 6.33 Å². The number of nitrogens with one attached hydrogen (secondary N) is 1. The Morgan fingerprint density at radius 1 is 1.38 bits per heavy atom. The highest BCUT2D eigenvalue weighted by Gasteiger charge is 2.39. The topological polar surface area (TPSA) is 42.7 Å². The second-order valence-corrected chi connectivity index (χ2v) is 7.55. The van der Waals surface area contributed by atoms with Crippen molar-refractivity contribution in [3.63, 3.8) is 0 Å². The summed E-state index contributed by atoms with van der Waals surface area (Å²) < 4.78 is 1.92. The average molecular weight is 292 g/mol. The minimum atomic E-state index is 0.256. The monoisotopic (exact) mass is 292 g/mol. The molecule has 4 heteroatoms. The first-order chi connectivity index (χ1) is 9.94. The van der Waals surface area contributed by atoms with Crippen LogP contribution in [0.1, 0.15) is 59.2 Å². The molecule has 0 aromatic carbocycles. The molecule has 2 rings (SSSR count). The summed E-state index contributed by atoms with van der Waals surface area (Å²) in [6, 6.07) is 0.650. The summed E-state index contributed by atoms with van der Waals surface area (Å²) in [7, 11) is 1.99. The average Bonchev–Trinajstić information content (AvgIpc) is 2.81. The Bertz CT molecular complexity index is 438. The van der Waals surface area contributed by atoms with Crippen molar-refractivity contribution in [3.8, 4) is 0 Å². The van der Waals surface area contributed by atoms with Gasteiger partial charge in [0.25, 0.3) is 0 Å². The molecule has 1 heterocycles. The van der Waals surface area contributed by atoms with Crippen LogP contribution in [0.25, 0.3) is 0 Å². The largest absolute Gasteiger partial charge is 0.314 e. The van der Waals surface area contributed by atoms with Gasteiger partial charge < -0.3 is 5.32 Å². The van der Waals surface area contributed by atoms with Gasteiger partial charge in [0.2, 0.25) is 0 Å². The molecule has 0 aliphatic heterocycles. The van der Waals surface area contributed by atoms with Crippen LogP contribution in [0.3, 0.4) is 0 Å². The van der Waals surface area contributed by atoms with Crippen LogP contribution >= 0.6 is 0 Å². The van der Waals surface area contributed by atoms with E-state index in [4.69, 9.17) is 0 Å². The van der Waals surface area contributed by atoms with E-state index in [9.17, 15) is 0 Å². The summed E-state index contributed by atoms with van der Waals surface area (Å²) in [6.45, 7) is 10.6. The van der Waals surface area contributed by atoms with E-state index in [0.717, 1.165) is 30.6 Å². The van der Waals surface area contributed by atoms with Crippen molar-refractivity contribution in [2.24, 2.45) is 24.3 Å². The van der Waals surface area contributed by atoms with Crippen molar-refractivity contribution in [2.75, 3.05) is 6.54 Å². The fraction of sp³-hybridized carbons (Fsp3) is 0.882. The van der Waals surface area contributed by atoms with Crippen molar-refractivity contribution in [2.45, 2.75) is 65.8 Å². The molecule has 1 aromatic heterocycles. The van der Waals surface area contributed by atoms with E-state index >= 15 is 0 Å². The van der Waals surface area contributed by atoms with Gasteiger partial charge >= 0.3 is 0 Å². The Kier molecular flexibility index (Phi) is 5.42. The normalized spacial score (nSPS) is 27.0. The predicted octanol–water partition coefficient (Wildman–Crippen LogP) is 3.19. The maximum Gasteiger partial charge on any atom is 0.138 e. The molecular weight excluding hydrogens is 260 g/mol. The fourth-order valence-electron chi connectivity index (χ4n) is 3.89. The van der Waals surface area contributed by atoms with E-state index < -0.39 is 0 Å². The lowest BCUT2D eigenvalue weighted by Crippen LogP contribution is -2.47. The SMILES string of the molecule is CCCNC1CC(C)CCC1C(C)(C)Cc1ncnn1C. The minimum absolute atomic E-state index is 0.256. The second kappa shape index (κ2) is 6.91. The Hall–Kier alpha value is -0.900. The van der Waals surface area contributed by atoms with E-state index in [1.165, 1.54) is 25.7 Å². The third-order valence-electron chi connectivity index (χ3n) is 5.19. The van der Waals surface area contributed by atoms with Gasteiger partial charge in [-0.25, -0.2) is 4.98 Å². The van der Waals surface area contributed by atoms with Gasteiger partial charge in [0.1, 0.15) is 12.2 Å². The molecule has 1 aromatic rings. The molecule has 0 saturated heterocycles. The number of hydrogen-bond acceptors (Lipinski definition) is 3. The number of hydrogen-bond donors (Lipinski definition) is 1. The lowest BCUT2D eigenvalue weighted by atomic mass is 9.65. The Morgan fingerprint density at radius 2 is 2.14 bits per heavy atom. The van der Waals surface area contributed by atoms with Crippen LogP contribution in [0.4, 0.5) is 0 Å². The molecule has 1 aliphatic rings. The van der Waals surface area contributed by atoms with E-state index in [2.05, 4.69) is 43.1 Å². The zero-order valence-electron chi connectivity index (χ0n) is 14.4. The van der Waals surface area contributed by atoms with Crippen LogP contribution in [0, 0.1) is 17.3 Å². The third-order valence-corrected chi connectivity index (χ3v) is 5.19. The van der Waals surface area contributed by atoms with Crippen LogP contribution in [0.2, 0.25) is 0 Å². The summed E-state index contributed by atoms with van der Waals surface area (Å²) in [5.41, 5.74) is 0.256. The lowest BCUT2D eigenvalue weighted by Gasteiger charge is -2.44. The first-order valence-corrected chi connectivity index (χ1v) is 8.50. The standard InChI is InChI=1S/C17H32N4/c1-6-9-18-15-10-13(2)7-8-14(15)17(3,4)11-16-19-12-20-21(16)5/h12-15,18H,6-11H2,1-5H3. The number of rotatable bonds is 6. The minimum Gasteiger partial charge on any atom is -0.314 e. The van der Waals surface area contributed by atoms with Gasteiger partial charge in [0, 0.05) is 19.5 Å². The van der Waals surface area contributed by atoms with Crippen molar-refractivity contribution in [1.82, 2.24) is 20.1 Å². The maximum atomic E-state index is 4.43. The second-order valence-electron chi connectivity index (χ2n) is 7.55. The Balaban J connectivity index is 2.09. The van der Waals surface area contributed by atoms with Crippen LogP contribution < -0.4 is 5.32 Å². The first kappa shape index (κ1) is 16.5. The molecular formula is C17H32N4. The molecule has 0 amide bonds. The number of nitrogens with zero attached hydrogens (tertiary/aromatic N) is 3. The van der Waals surface area contributed by atoms with Gasteiger partial charge in [-0.3, -0.25) is 4.68 Å². The molecule has 0 radical (unpaired) electrons. The molecule has 1 saturated carbocycles. The molecule has 0 spiro atoms. The van der Waals surface area contributed by atoms with Gasteiger partial charge in [0.15, 0.2) is 0 Å². The molecule has 1 aliphatic carbocycles. The van der Waals surface area contributed by atoms with E-state index in [-0.39, 0.29) is 5.41 Å². The highest BCUT2D eigenvalue weighted by Crippen LogP contribution is 2.42. The van der Waals surface area contributed by atoms with Gasteiger partial charge in [-0.1, -0.05) is 34.1 Å². The van der Waals surface area contributed by atoms with Gasteiger partial charge in [0.05, 0.1) is 0 Å². The third kappa shape index (κ3) is 4.06. The molecule has 1 N–H and O–H groups in total. The zero-order valence-corrected chi connectivity index (χ0v) is 14.4. The number of aromatic nitrogens is 3.